The Morgan fingerprint density at radius 2 is 1.95 bits per heavy atom. The molecule has 0 saturated carbocycles. The second kappa shape index (κ2) is 8.92. The van der Waals surface area contributed by atoms with Gasteiger partial charge in [-0.25, -0.2) is 9.59 Å². The Kier molecular flexibility index (Phi) is 7.13. The number of urea groups is 1. The van der Waals surface area contributed by atoms with E-state index in [1.54, 1.807) is 0 Å². The Labute approximate surface area is 118 Å². The molecule has 1 rings (SSSR count). The van der Waals surface area contributed by atoms with Gasteiger partial charge in [-0.1, -0.05) is 30.3 Å². The lowest BCUT2D eigenvalue weighted by molar-refractivity contribution is -0.139. The van der Waals surface area contributed by atoms with E-state index in [9.17, 15) is 9.59 Å². The van der Waals surface area contributed by atoms with Gasteiger partial charge in [0.15, 0.2) is 0 Å². The summed E-state index contributed by atoms with van der Waals surface area (Å²) in [6, 6.07) is 8.20. The maximum atomic E-state index is 11.5. The maximum absolute atomic E-state index is 11.5. The SMILES string of the molecule is NCCCNC(=O)N[C@@H](CCc1ccccc1)C(=O)O. The number of carboxylic acids is 1. The number of nitrogens with one attached hydrogen (secondary N) is 2. The summed E-state index contributed by atoms with van der Waals surface area (Å²) in [5.41, 5.74) is 6.36. The molecule has 110 valence electrons. The lowest BCUT2D eigenvalue weighted by Gasteiger charge is -2.15. The first-order valence-electron chi connectivity index (χ1n) is 6.64. The van der Waals surface area contributed by atoms with Crippen LogP contribution in [0.15, 0.2) is 30.3 Å². The van der Waals surface area contributed by atoms with Gasteiger partial charge in [0, 0.05) is 6.54 Å². The van der Waals surface area contributed by atoms with E-state index in [4.69, 9.17) is 10.8 Å². The van der Waals surface area contributed by atoms with Crippen LogP contribution < -0.4 is 16.4 Å². The normalized spacial score (nSPS) is 11.7. The molecule has 1 aromatic carbocycles. The van der Waals surface area contributed by atoms with E-state index in [0.29, 0.717) is 32.4 Å². The number of benzene rings is 1. The third-order valence-corrected chi connectivity index (χ3v) is 2.83. The molecule has 0 aliphatic rings. The molecular formula is C14H21N3O3. The predicted molar refractivity (Wildman–Crippen MR) is 76.4 cm³/mol. The minimum atomic E-state index is -1.03. The monoisotopic (exact) mass is 279 g/mol. The molecular weight excluding hydrogens is 258 g/mol. The number of carbonyl (C=O) groups excluding carboxylic acids is 1. The van der Waals surface area contributed by atoms with Crippen LogP contribution in [0.1, 0.15) is 18.4 Å². The van der Waals surface area contributed by atoms with E-state index in [0.717, 1.165) is 5.56 Å². The Morgan fingerprint density at radius 1 is 1.25 bits per heavy atom. The van der Waals surface area contributed by atoms with Crippen molar-refractivity contribution < 1.29 is 14.7 Å². The van der Waals surface area contributed by atoms with Gasteiger partial charge in [-0.2, -0.15) is 0 Å². The molecule has 0 spiro atoms. The summed E-state index contributed by atoms with van der Waals surface area (Å²) in [5.74, 6) is -1.03. The van der Waals surface area contributed by atoms with Crippen LogP contribution in [-0.4, -0.2) is 36.2 Å². The van der Waals surface area contributed by atoms with Crippen molar-refractivity contribution in [3.63, 3.8) is 0 Å². The van der Waals surface area contributed by atoms with Gasteiger partial charge in [-0.3, -0.25) is 0 Å². The summed E-state index contributed by atoms with van der Waals surface area (Å²) in [6.07, 6.45) is 1.61. The molecule has 0 heterocycles. The highest BCUT2D eigenvalue weighted by Crippen LogP contribution is 2.05. The van der Waals surface area contributed by atoms with Crippen molar-refractivity contribution in [1.29, 1.82) is 0 Å². The van der Waals surface area contributed by atoms with Crippen molar-refractivity contribution in [1.82, 2.24) is 10.6 Å². The van der Waals surface area contributed by atoms with E-state index >= 15 is 0 Å². The summed E-state index contributed by atoms with van der Waals surface area (Å²) in [4.78, 5) is 22.6. The number of nitrogens with two attached hydrogens (primary N) is 1. The van der Waals surface area contributed by atoms with Gasteiger partial charge in [0.1, 0.15) is 6.04 Å². The van der Waals surface area contributed by atoms with Crippen LogP contribution in [0.25, 0.3) is 0 Å². The van der Waals surface area contributed by atoms with Gasteiger partial charge in [0.25, 0.3) is 0 Å². The summed E-state index contributed by atoms with van der Waals surface area (Å²) in [5, 5.41) is 14.1. The highest BCUT2D eigenvalue weighted by molar-refractivity contribution is 5.82. The van der Waals surface area contributed by atoms with Crippen LogP contribution in [-0.2, 0) is 11.2 Å². The van der Waals surface area contributed by atoms with Crippen molar-refractivity contribution in [2.75, 3.05) is 13.1 Å². The van der Waals surface area contributed by atoms with E-state index in [1.165, 1.54) is 0 Å². The third kappa shape index (κ3) is 6.19. The van der Waals surface area contributed by atoms with Crippen molar-refractivity contribution in [3.05, 3.63) is 35.9 Å². The molecule has 6 heteroatoms. The first-order valence-corrected chi connectivity index (χ1v) is 6.64. The average molecular weight is 279 g/mol. The van der Waals surface area contributed by atoms with Gasteiger partial charge in [-0.15, -0.1) is 0 Å². The molecule has 1 atom stereocenters. The molecule has 0 radical (unpaired) electrons. The molecule has 0 unspecified atom stereocenters. The standard InChI is InChI=1S/C14H21N3O3/c15-9-4-10-16-14(20)17-12(13(18)19)8-7-11-5-2-1-3-6-11/h1-3,5-6,12H,4,7-10,15H2,(H,18,19)(H2,16,17,20)/t12-/m0/s1. The zero-order valence-electron chi connectivity index (χ0n) is 11.3. The number of carboxylic acid groups (broad SMARTS) is 1. The molecule has 0 aliphatic heterocycles. The van der Waals surface area contributed by atoms with Crippen molar-refractivity contribution in [3.8, 4) is 0 Å². The zero-order valence-corrected chi connectivity index (χ0v) is 11.3. The molecule has 20 heavy (non-hydrogen) atoms. The molecule has 0 fully saturated rings. The minimum Gasteiger partial charge on any atom is -0.480 e. The second-order valence-corrected chi connectivity index (χ2v) is 4.46. The quantitative estimate of drug-likeness (QED) is 0.526. The summed E-state index contributed by atoms with van der Waals surface area (Å²) in [7, 11) is 0. The zero-order chi connectivity index (χ0) is 14.8. The van der Waals surface area contributed by atoms with E-state index in [-0.39, 0.29) is 0 Å². The van der Waals surface area contributed by atoms with Crippen LogP contribution in [0.2, 0.25) is 0 Å². The molecule has 6 nitrogen and oxygen atoms in total. The lowest BCUT2D eigenvalue weighted by Crippen LogP contribution is -2.46. The summed E-state index contributed by atoms with van der Waals surface area (Å²) in [6.45, 7) is 0.921. The highest BCUT2D eigenvalue weighted by atomic mass is 16.4. The van der Waals surface area contributed by atoms with Gasteiger partial charge < -0.3 is 21.5 Å². The fourth-order valence-electron chi connectivity index (χ4n) is 1.73. The smallest absolute Gasteiger partial charge is 0.326 e. The number of aliphatic carboxylic acids is 1. The molecule has 0 saturated heterocycles. The second-order valence-electron chi connectivity index (χ2n) is 4.46. The molecule has 5 N–H and O–H groups in total. The minimum absolute atomic E-state index is 0.351. The van der Waals surface area contributed by atoms with Crippen LogP contribution in [0.5, 0.6) is 0 Å². The number of aryl methyl sites for hydroxylation is 1. The average Bonchev–Trinajstić information content (AvgIpc) is 2.44. The Balaban J connectivity index is 2.40. The Bertz CT molecular complexity index is 423. The molecule has 0 aromatic heterocycles. The first kappa shape index (κ1) is 16.0. The fourth-order valence-corrected chi connectivity index (χ4v) is 1.73. The number of rotatable bonds is 8. The molecule has 0 aliphatic carbocycles. The summed E-state index contributed by atoms with van der Waals surface area (Å²) < 4.78 is 0. The fraction of sp³-hybridized carbons (Fsp3) is 0.429. The van der Waals surface area contributed by atoms with E-state index in [1.807, 2.05) is 30.3 Å². The van der Waals surface area contributed by atoms with Crippen molar-refractivity contribution >= 4 is 12.0 Å². The van der Waals surface area contributed by atoms with Crippen LogP contribution in [0.4, 0.5) is 4.79 Å². The first-order chi connectivity index (χ1) is 9.63. The molecule has 0 bridgehead atoms. The van der Waals surface area contributed by atoms with Gasteiger partial charge in [0.05, 0.1) is 0 Å². The van der Waals surface area contributed by atoms with Crippen LogP contribution in [0, 0.1) is 0 Å². The predicted octanol–water partition coefficient (Wildman–Crippen LogP) is 0.720. The number of amides is 2. The van der Waals surface area contributed by atoms with Gasteiger partial charge in [-0.05, 0) is 31.4 Å². The molecule has 1 aromatic rings. The van der Waals surface area contributed by atoms with E-state index in [2.05, 4.69) is 10.6 Å². The van der Waals surface area contributed by atoms with Crippen LogP contribution in [0.3, 0.4) is 0 Å². The maximum Gasteiger partial charge on any atom is 0.326 e. The molecule has 2 amide bonds. The van der Waals surface area contributed by atoms with Crippen molar-refractivity contribution in [2.24, 2.45) is 5.73 Å². The Hall–Kier alpha value is -2.08. The van der Waals surface area contributed by atoms with Gasteiger partial charge >= 0.3 is 12.0 Å². The Morgan fingerprint density at radius 3 is 2.55 bits per heavy atom. The van der Waals surface area contributed by atoms with Crippen molar-refractivity contribution in [2.45, 2.75) is 25.3 Å². The summed E-state index contributed by atoms with van der Waals surface area (Å²) >= 11 is 0. The number of carbonyl (C=O) groups is 2. The third-order valence-electron chi connectivity index (χ3n) is 2.83. The van der Waals surface area contributed by atoms with Gasteiger partial charge in [0.2, 0.25) is 0 Å². The van der Waals surface area contributed by atoms with E-state index < -0.39 is 18.0 Å². The lowest BCUT2D eigenvalue weighted by atomic mass is 10.1. The van der Waals surface area contributed by atoms with Crippen LogP contribution >= 0.6 is 0 Å². The highest BCUT2D eigenvalue weighted by Gasteiger charge is 2.19. The topological polar surface area (TPSA) is 104 Å². The number of hydrogen-bond acceptors (Lipinski definition) is 3. The number of hydrogen-bond donors (Lipinski definition) is 4. The largest absolute Gasteiger partial charge is 0.480 e.